The van der Waals surface area contributed by atoms with Crippen LogP contribution in [-0.4, -0.2) is 25.9 Å². The first-order valence-electron chi connectivity index (χ1n) is 12.7. The summed E-state index contributed by atoms with van der Waals surface area (Å²) in [4.78, 5) is -0.561. The molecule has 0 saturated heterocycles. The van der Waals surface area contributed by atoms with E-state index in [4.69, 9.17) is 10.3 Å². The van der Waals surface area contributed by atoms with Crippen molar-refractivity contribution >= 4 is 70.8 Å². The Morgan fingerprint density at radius 3 is 1.52 bits per heavy atom. The molecule has 5 rings (SSSR count). The van der Waals surface area contributed by atoms with E-state index >= 15 is 0 Å². The maximum Gasteiger partial charge on any atom is 0.294 e. The van der Waals surface area contributed by atoms with Gasteiger partial charge in [0.1, 0.15) is 0 Å². The highest BCUT2D eigenvalue weighted by atomic mass is 32.2. The zero-order valence-corrected chi connectivity index (χ0v) is 24.5. The second-order valence-corrected chi connectivity index (χ2v) is 12.3. The minimum atomic E-state index is -4.49. The van der Waals surface area contributed by atoms with Crippen molar-refractivity contribution in [3.63, 3.8) is 0 Å². The molecule has 0 unspecified atom stereocenters. The van der Waals surface area contributed by atoms with Crippen LogP contribution in [0.15, 0.2) is 138 Å². The molecule has 0 fully saturated rings. The zero-order valence-electron chi connectivity index (χ0n) is 22.8. The number of hydrogen-bond donors (Lipinski definition) is 3. The summed E-state index contributed by atoms with van der Waals surface area (Å²) in [5, 5.41) is 26.3. The average Bonchev–Trinajstić information content (AvgIpc) is 2.98. The minimum Gasteiger partial charge on any atom is -0.399 e. The van der Waals surface area contributed by atoms with Crippen molar-refractivity contribution in [2.75, 3.05) is 5.73 Å². The van der Waals surface area contributed by atoms with Crippen LogP contribution in [-0.2, 0) is 20.2 Å². The molecule has 5 aromatic rings. The topological polar surface area (TPSA) is 209 Å². The van der Waals surface area contributed by atoms with Gasteiger partial charge >= 0.3 is 0 Å². The van der Waals surface area contributed by atoms with Crippen molar-refractivity contribution in [3.05, 3.63) is 103 Å². The third-order valence-corrected chi connectivity index (χ3v) is 7.99. The fraction of sp³-hybridized carbons (Fsp3) is 0.0345. The van der Waals surface area contributed by atoms with Crippen molar-refractivity contribution in [2.24, 2.45) is 30.7 Å². The van der Waals surface area contributed by atoms with Crippen LogP contribution in [0.5, 0.6) is 0 Å². The van der Waals surface area contributed by atoms with Gasteiger partial charge in [-0.05, 0) is 103 Å². The van der Waals surface area contributed by atoms with E-state index < -0.39 is 20.2 Å². The Morgan fingerprint density at radius 1 is 0.500 bits per heavy atom. The van der Waals surface area contributed by atoms with Gasteiger partial charge in [-0.25, -0.2) is 0 Å². The summed E-state index contributed by atoms with van der Waals surface area (Å²) in [7, 11) is -8.79. The molecule has 5 aromatic carbocycles. The van der Waals surface area contributed by atoms with E-state index in [1.165, 1.54) is 42.5 Å². The van der Waals surface area contributed by atoms with Gasteiger partial charge in [-0.1, -0.05) is 6.07 Å². The van der Waals surface area contributed by atoms with Crippen molar-refractivity contribution in [1.29, 1.82) is 0 Å². The highest BCUT2D eigenvalue weighted by Crippen LogP contribution is 2.37. The van der Waals surface area contributed by atoms with Crippen LogP contribution >= 0.6 is 0 Å². The maximum atomic E-state index is 11.9. The summed E-state index contributed by atoms with van der Waals surface area (Å²) in [6, 6.07) is 24.5. The standard InChI is InChI=1S/C29H23N7O6S2/c1-18-16-22(8-13-27(18)34-31-21-6-9-23(10-7-21)43(37,38)39)33-36-29-15-14-28(35-32-20-4-2-19(30)3-5-20)25-12-11-24(17-26(25)29)44(40,41)42/h2-17H,30H2,1H3,(H,37,38,39)(H,40,41,42). The normalized spacial score (nSPS) is 12.6. The molecular formula is C29H23N7O6S2. The van der Waals surface area contributed by atoms with Crippen LogP contribution in [0.3, 0.4) is 0 Å². The molecule has 0 aliphatic rings. The van der Waals surface area contributed by atoms with E-state index in [-0.39, 0.29) is 9.79 Å². The molecule has 0 spiro atoms. The van der Waals surface area contributed by atoms with Crippen LogP contribution in [0.4, 0.5) is 39.8 Å². The fourth-order valence-electron chi connectivity index (χ4n) is 4.01. The lowest BCUT2D eigenvalue weighted by Gasteiger charge is -2.07. The number of aryl methyl sites for hydroxylation is 1. The number of nitrogens with two attached hydrogens (primary N) is 1. The summed E-state index contributed by atoms with van der Waals surface area (Å²) >= 11 is 0. The molecule has 0 amide bonds. The smallest absolute Gasteiger partial charge is 0.294 e. The van der Waals surface area contributed by atoms with Gasteiger partial charge in [-0.2, -0.15) is 37.3 Å². The van der Waals surface area contributed by atoms with Crippen molar-refractivity contribution < 1.29 is 25.9 Å². The summed E-state index contributed by atoms with van der Waals surface area (Å²) in [5.41, 5.74) is 9.75. The number of nitrogen functional groups attached to an aromatic ring is 1. The summed E-state index contributed by atoms with van der Waals surface area (Å²) < 4.78 is 64.8. The van der Waals surface area contributed by atoms with Crippen LogP contribution in [0.1, 0.15) is 5.56 Å². The molecule has 0 aliphatic carbocycles. The Morgan fingerprint density at radius 2 is 0.955 bits per heavy atom. The first-order valence-corrected chi connectivity index (χ1v) is 15.6. The molecular weight excluding hydrogens is 606 g/mol. The van der Waals surface area contributed by atoms with Crippen molar-refractivity contribution in [1.82, 2.24) is 0 Å². The first-order chi connectivity index (χ1) is 20.9. The van der Waals surface area contributed by atoms with E-state index in [0.29, 0.717) is 50.6 Å². The second kappa shape index (κ2) is 12.2. The molecule has 0 heterocycles. The van der Waals surface area contributed by atoms with Gasteiger partial charge in [-0.15, -0.1) is 10.2 Å². The fourth-order valence-corrected chi connectivity index (χ4v) is 4.99. The Kier molecular flexibility index (Phi) is 8.37. The molecule has 4 N–H and O–H groups in total. The molecule has 0 saturated carbocycles. The number of nitrogens with zero attached hydrogens (tertiary/aromatic N) is 6. The molecule has 0 atom stereocenters. The predicted octanol–water partition coefficient (Wildman–Crippen LogP) is 8.47. The van der Waals surface area contributed by atoms with E-state index in [1.807, 2.05) is 0 Å². The lowest BCUT2D eigenvalue weighted by molar-refractivity contribution is 0.481. The van der Waals surface area contributed by atoms with E-state index in [9.17, 15) is 21.4 Å². The Hall–Kier alpha value is -5.22. The molecule has 15 heteroatoms. The molecule has 222 valence electrons. The van der Waals surface area contributed by atoms with Gasteiger partial charge in [0.2, 0.25) is 0 Å². The third-order valence-electron chi connectivity index (χ3n) is 6.27. The zero-order chi connectivity index (χ0) is 31.5. The number of benzene rings is 5. The molecule has 44 heavy (non-hydrogen) atoms. The molecule has 13 nitrogen and oxygen atoms in total. The Bertz CT molecular complexity index is 2180. The largest absolute Gasteiger partial charge is 0.399 e. The van der Waals surface area contributed by atoms with Crippen molar-refractivity contribution in [2.45, 2.75) is 16.7 Å². The van der Waals surface area contributed by atoms with Gasteiger partial charge in [0, 0.05) is 16.5 Å². The summed E-state index contributed by atoms with van der Waals surface area (Å²) in [6.45, 7) is 1.80. The second-order valence-electron chi connectivity index (χ2n) is 9.42. The average molecular weight is 630 g/mol. The number of anilines is 1. The van der Waals surface area contributed by atoms with Crippen LogP contribution in [0.2, 0.25) is 0 Å². The van der Waals surface area contributed by atoms with Crippen LogP contribution in [0, 0.1) is 6.92 Å². The predicted molar refractivity (Wildman–Crippen MR) is 165 cm³/mol. The number of rotatable bonds is 8. The van der Waals surface area contributed by atoms with Gasteiger partial charge in [0.15, 0.2) is 0 Å². The lowest BCUT2D eigenvalue weighted by atomic mass is 10.1. The van der Waals surface area contributed by atoms with Crippen molar-refractivity contribution in [3.8, 4) is 0 Å². The van der Waals surface area contributed by atoms with Gasteiger partial charge in [-0.3, -0.25) is 9.11 Å². The maximum absolute atomic E-state index is 11.9. The molecule has 0 bridgehead atoms. The number of azo groups is 3. The highest BCUT2D eigenvalue weighted by Gasteiger charge is 2.14. The summed E-state index contributed by atoms with van der Waals surface area (Å²) in [6.07, 6.45) is 0. The lowest BCUT2D eigenvalue weighted by Crippen LogP contribution is -1.97. The Labute approximate surface area is 252 Å². The first kappa shape index (κ1) is 30.2. The Balaban J connectivity index is 1.43. The van der Waals surface area contributed by atoms with Gasteiger partial charge in [0.25, 0.3) is 20.2 Å². The van der Waals surface area contributed by atoms with Gasteiger partial charge in [0.05, 0.1) is 43.9 Å². The number of hydrogen-bond acceptors (Lipinski definition) is 11. The molecule has 0 aromatic heterocycles. The highest BCUT2D eigenvalue weighted by molar-refractivity contribution is 7.86. The minimum absolute atomic E-state index is 0.249. The monoisotopic (exact) mass is 629 g/mol. The van der Waals surface area contributed by atoms with E-state index in [0.717, 1.165) is 5.56 Å². The quantitative estimate of drug-likeness (QED) is 0.0864. The van der Waals surface area contributed by atoms with Crippen LogP contribution < -0.4 is 5.73 Å². The van der Waals surface area contributed by atoms with Crippen LogP contribution in [0.25, 0.3) is 10.8 Å². The summed E-state index contributed by atoms with van der Waals surface area (Å²) in [5.74, 6) is 0. The third kappa shape index (κ3) is 7.22. The van der Waals surface area contributed by atoms with E-state index in [2.05, 4.69) is 30.7 Å². The SMILES string of the molecule is Cc1cc(N=Nc2ccc(N=Nc3ccc(N)cc3)c3ccc(S(=O)(=O)O)cc23)ccc1N=Nc1ccc(S(=O)(=O)O)cc1. The number of fused-ring (bicyclic) bond motifs is 1. The molecule has 0 aliphatic heterocycles. The van der Waals surface area contributed by atoms with Gasteiger partial charge < -0.3 is 5.73 Å². The molecule has 0 radical (unpaired) electrons. The van der Waals surface area contributed by atoms with E-state index in [1.54, 1.807) is 61.5 Å².